The van der Waals surface area contributed by atoms with Crippen LogP contribution in [0.2, 0.25) is 0 Å². The molecule has 1 aliphatic heterocycles. The van der Waals surface area contributed by atoms with Crippen molar-refractivity contribution in [2.45, 2.75) is 25.1 Å². The van der Waals surface area contributed by atoms with Crippen molar-refractivity contribution in [3.05, 3.63) is 41.9 Å². The van der Waals surface area contributed by atoms with Gasteiger partial charge in [-0.15, -0.1) is 0 Å². The summed E-state index contributed by atoms with van der Waals surface area (Å²) in [6.45, 7) is 1.06. The molecule has 0 aliphatic carbocycles. The topological polar surface area (TPSA) is 63.1 Å². The summed E-state index contributed by atoms with van der Waals surface area (Å²) >= 11 is 0. The zero-order chi connectivity index (χ0) is 18.0. The molecule has 1 aliphatic rings. The fourth-order valence-electron chi connectivity index (χ4n) is 2.81. The van der Waals surface area contributed by atoms with Crippen molar-refractivity contribution in [3.8, 4) is 0 Å². The molecule has 1 fully saturated rings. The van der Waals surface area contributed by atoms with E-state index in [4.69, 9.17) is 0 Å². The molecule has 0 unspecified atom stereocenters. The minimum absolute atomic E-state index is 0.0310. The van der Waals surface area contributed by atoms with E-state index in [-0.39, 0.29) is 11.9 Å². The first-order valence-corrected chi connectivity index (χ1v) is 7.92. The number of carbonyl (C=O) groups is 1. The maximum atomic E-state index is 12.8. The number of pyridine rings is 1. The SMILES string of the molecule is Cn1ccc(C(=O)NC2CCN(c3cccc(C(F)(F)F)n3)CC2)n1. The van der Waals surface area contributed by atoms with Crippen LogP contribution in [0.5, 0.6) is 0 Å². The first kappa shape index (κ1) is 17.2. The molecule has 0 bridgehead atoms. The quantitative estimate of drug-likeness (QED) is 0.919. The number of carbonyl (C=O) groups excluding carboxylic acids is 1. The second-order valence-electron chi connectivity index (χ2n) is 5.99. The number of anilines is 1. The fourth-order valence-corrected chi connectivity index (χ4v) is 2.81. The third kappa shape index (κ3) is 4.09. The molecule has 0 saturated carbocycles. The Morgan fingerprint density at radius 1 is 1.24 bits per heavy atom. The standard InChI is InChI=1S/C16H18F3N5O/c1-23-8-7-12(22-23)15(25)20-11-5-9-24(10-6-11)14-4-2-3-13(21-14)16(17,18)19/h2-4,7-8,11H,5-6,9-10H2,1H3,(H,20,25). The Bertz CT molecular complexity index is 750. The van der Waals surface area contributed by atoms with Crippen LogP contribution >= 0.6 is 0 Å². The lowest BCUT2D eigenvalue weighted by molar-refractivity contribution is -0.141. The minimum atomic E-state index is -4.45. The summed E-state index contributed by atoms with van der Waals surface area (Å²) in [5.41, 5.74) is -0.542. The van der Waals surface area contributed by atoms with Crippen LogP contribution in [0, 0.1) is 0 Å². The van der Waals surface area contributed by atoms with Gasteiger partial charge in [-0.1, -0.05) is 6.07 Å². The molecule has 0 aromatic carbocycles. The molecule has 25 heavy (non-hydrogen) atoms. The van der Waals surface area contributed by atoms with Gasteiger partial charge in [0.05, 0.1) is 0 Å². The van der Waals surface area contributed by atoms with E-state index in [1.165, 1.54) is 6.07 Å². The zero-order valence-corrected chi connectivity index (χ0v) is 13.6. The van der Waals surface area contributed by atoms with Crippen LogP contribution in [0.15, 0.2) is 30.5 Å². The van der Waals surface area contributed by atoms with E-state index in [1.54, 1.807) is 35.0 Å². The highest BCUT2D eigenvalue weighted by atomic mass is 19.4. The molecule has 2 aromatic rings. The monoisotopic (exact) mass is 353 g/mol. The number of rotatable bonds is 3. The summed E-state index contributed by atoms with van der Waals surface area (Å²) in [5.74, 6) is 0.0700. The van der Waals surface area contributed by atoms with Crippen LogP contribution in [0.1, 0.15) is 29.0 Å². The van der Waals surface area contributed by atoms with Crippen molar-refractivity contribution in [1.29, 1.82) is 0 Å². The van der Waals surface area contributed by atoms with E-state index < -0.39 is 11.9 Å². The fraction of sp³-hybridized carbons (Fsp3) is 0.438. The van der Waals surface area contributed by atoms with E-state index in [0.29, 0.717) is 37.4 Å². The number of aromatic nitrogens is 3. The second kappa shape index (κ2) is 6.73. The highest BCUT2D eigenvalue weighted by Crippen LogP contribution is 2.29. The molecule has 0 atom stereocenters. The average Bonchev–Trinajstić information content (AvgIpc) is 3.01. The largest absolute Gasteiger partial charge is 0.433 e. The Morgan fingerprint density at radius 2 is 1.96 bits per heavy atom. The van der Waals surface area contributed by atoms with E-state index in [2.05, 4.69) is 15.4 Å². The van der Waals surface area contributed by atoms with Crippen LogP contribution < -0.4 is 10.2 Å². The summed E-state index contributed by atoms with van der Waals surface area (Å²) in [4.78, 5) is 17.6. The maximum absolute atomic E-state index is 12.8. The third-order valence-corrected chi connectivity index (χ3v) is 4.13. The smallest absolute Gasteiger partial charge is 0.356 e. The number of hydrogen-bond acceptors (Lipinski definition) is 4. The molecule has 1 N–H and O–H groups in total. The summed E-state index contributed by atoms with van der Waals surface area (Å²) in [7, 11) is 1.73. The molecule has 134 valence electrons. The van der Waals surface area contributed by atoms with Gasteiger partial charge in [0.2, 0.25) is 0 Å². The normalized spacial score (nSPS) is 16.1. The summed E-state index contributed by atoms with van der Waals surface area (Å²) in [6.07, 6.45) is -1.49. The molecule has 3 rings (SSSR count). The van der Waals surface area contributed by atoms with E-state index in [9.17, 15) is 18.0 Å². The van der Waals surface area contributed by atoms with Gasteiger partial charge in [-0.25, -0.2) is 4.98 Å². The molecule has 1 saturated heterocycles. The number of aryl methyl sites for hydroxylation is 1. The number of piperidine rings is 1. The van der Waals surface area contributed by atoms with Crippen LogP contribution in [-0.4, -0.2) is 39.8 Å². The minimum Gasteiger partial charge on any atom is -0.356 e. The van der Waals surface area contributed by atoms with Gasteiger partial charge in [0, 0.05) is 32.4 Å². The van der Waals surface area contributed by atoms with Crippen LogP contribution in [0.3, 0.4) is 0 Å². The van der Waals surface area contributed by atoms with E-state index >= 15 is 0 Å². The summed E-state index contributed by atoms with van der Waals surface area (Å²) in [6, 6.07) is 5.50. The molecular formula is C16H18F3N5O. The molecule has 2 aromatic heterocycles. The first-order valence-electron chi connectivity index (χ1n) is 7.92. The molecule has 0 radical (unpaired) electrons. The Kier molecular flexibility index (Phi) is 4.65. The zero-order valence-electron chi connectivity index (χ0n) is 13.6. The third-order valence-electron chi connectivity index (χ3n) is 4.13. The van der Waals surface area contributed by atoms with Crippen molar-refractivity contribution in [2.24, 2.45) is 7.05 Å². The van der Waals surface area contributed by atoms with Crippen LogP contribution in [0.25, 0.3) is 0 Å². The van der Waals surface area contributed by atoms with Gasteiger partial charge in [0.1, 0.15) is 17.2 Å². The van der Waals surface area contributed by atoms with Gasteiger partial charge in [0.15, 0.2) is 0 Å². The molecular weight excluding hydrogens is 335 g/mol. The Hall–Kier alpha value is -2.58. The average molecular weight is 353 g/mol. The number of hydrogen-bond donors (Lipinski definition) is 1. The number of amides is 1. The molecule has 3 heterocycles. The van der Waals surface area contributed by atoms with E-state index in [1.807, 2.05) is 0 Å². The van der Waals surface area contributed by atoms with Gasteiger partial charge < -0.3 is 10.2 Å². The first-order chi connectivity index (χ1) is 11.8. The van der Waals surface area contributed by atoms with Gasteiger partial charge in [-0.3, -0.25) is 9.48 Å². The van der Waals surface area contributed by atoms with Gasteiger partial charge in [0.25, 0.3) is 5.91 Å². The maximum Gasteiger partial charge on any atom is 0.433 e. The predicted octanol–water partition coefficient (Wildman–Crippen LogP) is 2.23. The van der Waals surface area contributed by atoms with Crippen molar-refractivity contribution < 1.29 is 18.0 Å². The van der Waals surface area contributed by atoms with Crippen LogP contribution in [-0.2, 0) is 13.2 Å². The second-order valence-corrected chi connectivity index (χ2v) is 5.99. The van der Waals surface area contributed by atoms with Crippen LogP contribution in [0.4, 0.5) is 19.0 Å². The van der Waals surface area contributed by atoms with Crippen molar-refractivity contribution >= 4 is 11.7 Å². The van der Waals surface area contributed by atoms with Gasteiger partial charge >= 0.3 is 6.18 Å². The Morgan fingerprint density at radius 3 is 2.56 bits per heavy atom. The van der Waals surface area contributed by atoms with Crippen molar-refractivity contribution in [2.75, 3.05) is 18.0 Å². The van der Waals surface area contributed by atoms with E-state index in [0.717, 1.165) is 6.07 Å². The lowest BCUT2D eigenvalue weighted by Crippen LogP contribution is -2.45. The molecule has 1 amide bonds. The highest BCUT2D eigenvalue weighted by molar-refractivity contribution is 5.92. The number of nitrogens with zero attached hydrogens (tertiary/aromatic N) is 4. The number of halogens is 3. The van der Waals surface area contributed by atoms with Gasteiger partial charge in [-0.05, 0) is 31.0 Å². The van der Waals surface area contributed by atoms with Gasteiger partial charge in [-0.2, -0.15) is 18.3 Å². The molecule has 0 spiro atoms. The Balaban J connectivity index is 1.58. The lowest BCUT2D eigenvalue weighted by atomic mass is 10.0. The van der Waals surface area contributed by atoms with Crippen molar-refractivity contribution in [3.63, 3.8) is 0 Å². The molecule has 6 nitrogen and oxygen atoms in total. The number of alkyl halides is 3. The Labute approximate surface area is 142 Å². The summed E-state index contributed by atoms with van der Waals surface area (Å²) < 4.78 is 39.9. The lowest BCUT2D eigenvalue weighted by Gasteiger charge is -2.33. The summed E-state index contributed by atoms with van der Waals surface area (Å²) in [5, 5.41) is 6.96. The van der Waals surface area contributed by atoms with Crippen molar-refractivity contribution in [1.82, 2.24) is 20.1 Å². The highest BCUT2D eigenvalue weighted by Gasteiger charge is 2.33. The molecule has 9 heteroatoms. The number of nitrogens with one attached hydrogen (secondary N) is 1. The predicted molar refractivity (Wildman–Crippen MR) is 85.1 cm³/mol.